The standard InChI is InChI=1S/C17H22N2O2S/c1-13(20)22-15-10-17(21)19(12-15)11-14-6-2-3-7-16(14)18-8-4-5-9-18/h2-3,6-7,15H,4-5,8-12H2,1H3. The molecule has 22 heavy (non-hydrogen) atoms. The second kappa shape index (κ2) is 6.73. The van der Waals surface area contributed by atoms with E-state index in [4.69, 9.17) is 0 Å². The minimum Gasteiger partial charge on any atom is -0.371 e. The largest absolute Gasteiger partial charge is 0.371 e. The van der Waals surface area contributed by atoms with Crippen LogP contribution in [0.1, 0.15) is 31.7 Å². The molecule has 2 fully saturated rings. The van der Waals surface area contributed by atoms with E-state index in [0.29, 0.717) is 19.5 Å². The van der Waals surface area contributed by atoms with Crippen LogP contribution in [0.15, 0.2) is 24.3 Å². The number of anilines is 1. The maximum absolute atomic E-state index is 12.2. The Labute approximate surface area is 135 Å². The zero-order valence-electron chi connectivity index (χ0n) is 13.0. The fourth-order valence-electron chi connectivity index (χ4n) is 3.32. The van der Waals surface area contributed by atoms with Crippen molar-refractivity contribution in [2.24, 2.45) is 0 Å². The van der Waals surface area contributed by atoms with Gasteiger partial charge in [0, 0.05) is 50.5 Å². The van der Waals surface area contributed by atoms with Crippen LogP contribution in [0.25, 0.3) is 0 Å². The van der Waals surface area contributed by atoms with Gasteiger partial charge in [0.1, 0.15) is 0 Å². The molecule has 0 aromatic heterocycles. The van der Waals surface area contributed by atoms with Gasteiger partial charge in [-0.2, -0.15) is 0 Å². The summed E-state index contributed by atoms with van der Waals surface area (Å²) in [5.74, 6) is 0.162. The number of thioether (sulfide) groups is 1. The van der Waals surface area contributed by atoms with E-state index in [1.54, 1.807) is 6.92 Å². The van der Waals surface area contributed by atoms with Crippen molar-refractivity contribution < 1.29 is 9.59 Å². The first kappa shape index (κ1) is 15.4. The van der Waals surface area contributed by atoms with E-state index in [-0.39, 0.29) is 16.3 Å². The van der Waals surface area contributed by atoms with Crippen molar-refractivity contribution in [2.75, 3.05) is 24.5 Å². The lowest BCUT2D eigenvalue weighted by Gasteiger charge is -2.24. The Morgan fingerprint density at radius 1 is 1.27 bits per heavy atom. The molecule has 2 aliphatic rings. The third kappa shape index (κ3) is 3.46. The van der Waals surface area contributed by atoms with E-state index in [1.807, 2.05) is 11.0 Å². The van der Waals surface area contributed by atoms with E-state index < -0.39 is 0 Å². The number of likely N-dealkylation sites (tertiary alicyclic amines) is 1. The molecule has 0 saturated carbocycles. The van der Waals surface area contributed by atoms with Crippen LogP contribution in [0.3, 0.4) is 0 Å². The van der Waals surface area contributed by atoms with Crippen LogP contribution in [0, 0.1) is 0 Å². The quantitative estimate of drug-likeness (QED) is 0.856. The number of benzene rings is 1. The van der Waals surface area contributed by atoms with Gasteiger partial charge in [-0.1, -0.05) is 30.0 Å². The summed E-state index contributed by atoms with van der Waals surface area (Å²) in [5.41, 5.74) is 2.47. The van der Waals surface area contributed by atoms with E-state index >= 15 is 0 Å². The first-order chi connectivity index (χ1) is 10.6. The molecular weight excluding hydrogens is 296 g/mol. The maximum atomic E-state index is 12.2. The molecule has 5 heteroatoms. The zero-order chi connectivity index (χ0) is 15.5. The molecule has 3 rings (SSSR count). The van der Waals surface area contributed by atoms with Crippen LogP contribution < -0.4 is 4.90 Å². The van der Waals surface area contributed by atoms with Gasteiger partial charge in [-0.3, -0.25) is 9.59 Å². The Hall–Kier alpha value is -1.49. The Balaban J connectivity index is 1.70. The molecular formula is C17H22N2O2S. The average Bonchev–Trinajstić information content (AvgIpc) is 3.10. The van der Waals surface area contributed by atoms with E-state index in [2.05, 4.69) is 23.1 Å². The summed E-state index contributed by atoms with van der Waals surface area (Å²) < 4.78 is 0. The summed E-state index contributed by atoms with van der Waals surface area (Å²) in [6.07, 6.45) is 2.97. The van der Waals surface area contributed by atoms with Crippen LogP contribution in [-0.2, 0) is 16.1 Å². The highest BCUT2D eigenvalue weighted by molar-refractivity contribution is 8.14. The highest BCUT2D eigenvalue weighted by atomic mass is 32.2. The molecule has 0 radical (unpaired) electrons. The SMILES string of the molecule is CC(=O)SC1CC(=O)N(Cc2ccccc2N2CCCC2)C1. The number of carbonyl (C=O) groups excluding carboxylic acids is 2. The molecule has 0 N–H and O–H groups in total. The summed E-state index contributed by atoms with van der Waals surface area (Å²) in [7, 11) is 0. The van der Waals surface area contributed by atoms with Gasteiger partial charge < -0.3 is 9.80 Å². The predicted octanol–water partition coefficient (Wildman–Crippen LogP) is 2.67. The Morgan fingerprint density at radius 2 is 2.00 bits per heavy atom. The van der Waals surface area contributed by atoms with Crippen molar-refractivity contribution in [2.45, 2.75) is 38.0 Å². The Morgan fingerprint density at radius 3 is 2.73 bits per heavy atom. The van der Waals surface area contributed by atoms with Gasteiger partial charge in [-0.25, -0.2) is 0 Å². The number of hydrogen-bond acceptors (Lipinski definition) is 4. The molecule has 2 aliphatic heterocycles. The molecule has 118 valence electrons. The third-order valence-corrected chi connectivity index (χ3v) is 5.29. The minimum atomic E-state index is 0.0946. The van der Waals surface area contributed by atoms with E-state index in [1.165, 1.54) is 35.9 Å². The molecule has 0 aliphatic carbocycles. The van der Waals surface area contributed by atoms with Crippen molar-refractivity contribution in [3.8, 4) is 0 Å². The van der Waals surface area contributed by atoms with Gasteiger partial charge >= 0.3 is 0 Å². The van der Waals surface area contributed by atoms with Crippen molar-refractivity contribution in [1.29, 1.82) is 0 Å². The van der Waals surface area contributed by atoms with Gasteiger partial charge in [0.25, 0.3) is 0 Å². The maximum Gasteiger partial charge on any atom is 0.224 e. The first-order valence-corrected chi connectivity index (χ1v) is 8.79. The second-order valence-electron chi connectivity index (χ2n) is 6.03. The second-order valence-corrected chi connectivity index (χ2v) is 7.51. The van der Waals surface area contributed by atoms with Gasteiger partial charge in [-0.05, 0) is 24.5 Å². The average molecular weight is 318 g/mol. The topological polar surface area (TPSA) is 40.6 Å². The van der Waals surface area contributed by atoms with Crippen molar-refractivity contribution in [1.82, 2.24) is 4.90 Å². The number of carbonyl (C=O) groups is 2. The predicted molar refractivity (Wildman–Crippen MR) is 90.0 cm³/mol. The van der Waals surface area contributed by atoms with Crippen LogP contribution >= 0.6 is 11.8 Å². The van der Waals surface area contributed by atoms with Crippen LogP contribution in [0.2, 0.25) is 0 Å². The lowest BCUT2D eigenvalue weighted by atomic mass is 10.1. The van der Waals surface area contributed by atoms with Crippen LogP contribution in [0.5, 0.6) is 0 Å². The molecule has 2 heterocycles. The van der Waals surface area contributed by atoms with E-state index in [9.17, 15) is 9.59 Å². The molecule has 1 unspecified atom stereocenters. The lowest BCUT2D eigenvalue weighted by Crippen LogP contribution is -2.27. The zero-order valence-corrected chi connectivity index (χ0v) is 13.8. The number of nitrogens with zero attached hydrogens (tertiary/aromatic N) is 2. The van der Waals surface area contributed by atoms with Gasteiger partial charge in [0.05, 0.1) is 0 Å². The lowest BCUT2D eigenvalue weighted by molar-refractivity contribution is -0.128. The molecule has 0 spiro atoms. The van der Waals surface area contributed by atoms with Crippen molar-refractivity contribution in [3.63, 3.8) is 0 Å². The molecule has 1 aromatic carbocycles. The smallest absolute Gasteiger partial charge is 0.224 e. The number of hydrogen-bond donors (Lipinski definition) is 0. The normalized spacial score (nSPS) is 21.7. The van der Waals surface area contributed by atoms with Crippen molar-refractivity contribution in [3.05, 3.63) is 29.8 Å². The minimum absolute atomic E-state index is 0.0946. The van der Waals surface area contributed by atoms with Gasteiger partial charge in [-0.15, -0.1) is 0 Å². The number of rotatable bonds is 4. The van der Waals surface area contributed by atoms with Gasteiger partial charge in [0.15, 0.2) is 5.12 Å². The van der Waals surface area contributed by atoms with Gasteiger partial charge in [0.2, 0.25) is 5.91 Å². The molecule has 0 bridgehead atoms. The van der Waals surface area contributed by atoms with Crippen LogP contribution in [-0.4, -0.2) is 40.8 Å². The molecule has 2 saturated heterocycles. The van der Waals surface area contributed by atoms with E-state index in [0.717, 1.165) is 13.1 Å². The highest BCUT2D eigenvalue weighted by Crippen LogP contribution is 2.29. The summed E-state index contributed by atoms with van der Waals surface area (Å²) in [6.45, 7) is 5.11. The summed E-state index contributed by atoms with van der Waals surface area (Å²) in [4.78, 5) is 27.7. The summed E-state index contributed by atoms with van der Waals surface area (Å²) >= 11 is 1.30. The molecule has 1 atom stereocenters. The summed E-state index contributed by atoms with van der Waals surface area (Å²) in [6, 6.07) is 8.38. The summed E-state index contributed by atoms with van der Waals surface area (Å²) in [5, 5.41) is 0.209. The fourth-order valence-corrected chi connectivity index (χ4v) is 4.27. The Kier molecular flexibility index (Phi) is 4.71. The number of para-hydroxylation sites is 1. The first-order valence-electron chi connectivity index (χ1n) is 7.91. The van der Waals surface area contributed by atoms with Crippen molar-refractivity contribution >= 4 is 28.5 Å². The van der Waals surface area contributed by atoms with Crippen LogP contribution in [0.4, 0.5) is 5.69 Å². The third-order valence-electron chi connectivity index (χ3n) is 4.31. The molecule has 4 nitrogen and oxygen atoms in total. The number of amides is 1. The highest BCUT2D eigenvalue weighted by Gasteiger charge is 2.31. The molecule has 1 aromatic rings. The monoisotopic (exact) mass is 318 g/mol. The Bertz CT molecular complexity index is 570. The molecule has 1 amide bonds. The fraction of sp³-hybridized carbons (Fsp3) is 0.529.